The minimum absolute atomic E-state index is 0.0877. The van der Waals surface area contributed by atoms with Gasteiger partial charge in [0.1, 0.15) is 17.2 Å². The zero-order chi connectivity index (χ0) is 15.6. The van der Waals surface area contributed by atoms with Gasteiger partial charge in [0.2, 0.25) is 10.0 Å². The van der Waals surface area contributed by atoms with Crippen LogP contribution >= 0.6 is 0 Å². The van der Waals surface area contributed by atoms with Gasteiger partial charge in [-0.15, -0.1) is 0 Å². The first-order chi connectivity index (χ1) is 9.08. The van der Waals surface area contributed by atoms with Gasteiger partial charge >= 0.3 is 5.97 Å². The molecule has 0 bridgehead atoms. The molecular weight excluding hydrogens is 310 g/mol. The summed E-state index contributed by atoms with van der Waals surface area (Å²) in [4.78, 5) is 9.75. The second kappa shape index (κ2) is 5.77. The number of aliphatic carboxylic acids is 1. The zero-order valence-corrected chi connectivity index (χ0v) is 12.3. The third-order valence-corrected chi connectivity index (χ3v) is 4.80. The number of hydrogen-bond donors (Lipinski definition) is 2. The molecule has 0 aliphatic carbocycles. The SMILES string of the molecule is COc1ccc(S(C)(=O)=O)cc1S(=O)(=O)NCC(=O)O. The molecular formula is C10H13NO7S2. The number of carboxylic acids is 1. The summed E-state index contributed by atoms with van der Waals surface area (Å²) >= 11 is 0. The van der Waals surface area contributed by atoms with E-state index in [-0.39, 0.29) is 10.6 Å². The molecule has 8 nitrogen and oxygen atoms in total. The smallest absolute Gasteiger partial charge is 0.318 e. The Labute approximate surface area is 116 Å². The van der Waals surface area contributed by atoms with Crippen LogP contribution in [0.1, 0.15) is 0 Å². The predicted molar refractivity (Wildman–Crippen MR) is 68.9 cm³/mol. The quantitative estimate of drug-likeness (QED) is 0.720. The normalized spacial score (nSPS) is 12.1. The van der Waals surface area contributed by atoms with E-state index in [2.05, 4.69) is 0 Å². The molecule has 2 N–H and O–H groups in total. The van der Waals surface area contributed by atoms with Gasteiger partial charge in [0.15, 0.2) is 9.84 Å². The first kappa shape index (κ1) is 16.4. The van der Waals surface area contributed by atoms with Crippen molar-refractivity contribution in [2.24, 2.45) is 0 Å². The van der Waals surface area contributed by atoms with Crippen LogP contribution in [0.25, 0.3) is 0 Å². The molecule has 0 aliphatic heterocycles. The van der Waals surface area contributed by atoms with Crippen molar-refractivity contribution in [3.63, 3.8) is 0 Å². The number of benzene rings is 1. The molecule has 0 heterocycles. The lowest BCUT2D eigenvalue weighted by Gasteiger charge is -2.11. The lowest BCUT2D eigenvalue weighted by atomic mass is 10.3. The minimum atomic E-state index is -4.20. The van der Waals surface area contributed by atoms with Gasteiger partial charge in [0, 0.05) is 6.26 Å². The molecule has 0 fully saturated rings. The first-order valence-electron chi connectivity index (χ1n) is 5.17. The number of carboxylic acid groups (broad SMARTS) is 1. The highest BCUT2D eigenvalue weighted by Crippen LogP contribution is 2.26. The molecule has 1 aromatic carbocycles. The van der Waals surface area contributed by atoms with Crippen molar-refractivity contribution in [1.82, 2.24) is 4.72 Å². The van der Waals surface area contributed by atoms with E-state index in [9.17, 15) is 21.6 Å². The van der Waals surface area contributed by atoms with Gasteiger partial charge in [-0.1, -0.05) is 0 Å². The number of sulfone groups is 1. The van der Waals surface area contributed by atoms with E-state index in [0.717, 1.165) is 12.3 Å². The number of sulfonamides is 1. The van der Waals surface area contributed by atoms with Crippen LogP contribution in [-0.4, -0.2) is 47.8 Å². The lowest BCUT2D eigenvalue weighted by molar-refractivity contribution is -0.135. The first-order valence-corrected chi connectivity index (χ1v) is 8.55. The molecule has 0 atom stereocenters. The summed E-state index contributed by atoms with van der Waals surface area (Å²) in [5.74, 6) is -1.46. The second-order valence-electron chi connectivity index (χ2n) is 3.80. The second-order valence-corrected chi connectivity index (χ2v) is 7.55. The molecule has 0 aromatic heterocycles. The van der Waals surface area contributed by atoms with Crippen LogP contribution in [0, 0.1) is 0 Å². The molecule has 112 valence electrons. The van der Waals surface area contributed by atoms with Crippen molar-refractivity contribution in [3.8, 4) is 5.75 Å². The van der Waals surface area contributed by atoms with Crippen LogP contribution < -0.4 is 9.46 Å². The molecule has 20 heavy (non-hydrogen) atoms. The molecule has 0 saturated carbocycles. The molecule has 0 saturated heterocycles. The fraction of sp³-hybridized carbons (Fsp3) is 0.300. The predicted octanol–water partition coefficient (Wildman–Crippen LogP) is -0.538. The van der Waals surface area contributed by atoms with Gasteiger partial charge < -0.3 is 9.84 Å². The average molecular weight is 323 g/mol. The van der Waals surface area contributed by atoms with Crippen LogP contribution in [0.2, 0.25) is 0 Å². The Balaban J connectivity index is 3.37. The van der Waals surface area contributed by atoms with Crippen molar-refractivity contribution >= 4 is 25.8 Å². The third-order valence-electron chi connectivity index (χ3n) is 2.27. The summed E-state index contributed by atoms with van der Waals surface area (Å²) in [5, 5.41) is 8.48. The number of rotatable bonds is 6. The Hall–Kier alpha value is -1.65. The summed E-state index contributed by atoms with van der Waals surface area (Å²) in [7, 11) is -6.59. The molecule has 1 rings (SSSR count). The highest BCUT2D eigenvalue weighted by Gasteiger charge is 2.22. The maximum atomic E-state index is 11.9. The number of carbonyl (C=O) groups is 1. The topological polar surface area (TPSA) is 127 Å². The highest BCUT2D eigenvalue weighted by atomic mass is 32.2. The van der Waals surface area contributed by atoms with Crippen LogP contribution in [-0.2, 0) is 24.7 Å². The number of ether oxygens (including phenoxy) is 1. The molecule has 0 unspecified atom stereocenters. The van der Waals surface area contributed by atoms with E-state index in [4.69, 9.17) is 9.84 Å². The van der Waals surface area contributed by atoms with E-state index in [1.165, 1.54) is 19.2 Å². The van der Waals surface area contributed by atoms with Gasteiger partial charge in [0.05, 0.1) is 12.0 Å². The van der Waals surface area contributed by atoms with Gasteiger partial charge in [-0.25, -0.2) is 16.8 Å². The fourth-order valence-electron chi connectivity index (χ4n) is 1.33. The van der Waals surface area contributed by atoms with Crippen LogP contribution in [0.5, 0.6) is 5.75 Å². The van der Waals surface area contributed by atoms with Crippen molar-refractivity contribution in [3.05, 3.63) is 18.2 Å². The average Bonchev–Trinajstić information content (AvgIpc) is 2.34. The highest BCUT2D eigenvalue weighted by molar-refractivity contribution is 7.91. The van der Waals surface area contributed by atoms with Gasteiger partial charge in [-0.2, -0.15) is 4.72 Å². The minimum Gasteiger partial charge on any atom is -0.495 e. The van der Waals surface area contributed by atoms with Crippen LogP contribution in [0.3, 0.4) is 0 Å². The van der Waals surface area contributed by atoms with E-state index in [1.807, 2.05) is 4.72 Å². The van der Waals surface area contributed by atoms with E-state index in [0.29, 0.717) is 0 Å². The van der Waals surface area contributed by atoms with E-state index >= 15 is 0 Å². The van der Waals surface area contributed by atoms with Gasteiger partial charge in [0.25, 0.3) is 0 Å². The summed E-state index contributed by atoms with van der Waals surface area (Å²) < 4.78 is 53.4. The fourth-order valence-corrected chi connectivity index (χ4v) is 3.22. The Morgan fingerprint density at radius 3 is 2.35 bits per heavy atom. The van der Waals surface area contributed by atoms with Gasteiger partial charge in [-0.05, 0) is 18.2 Å². The lowest BCUT2D eigenvalue weighted by Crippen LogP contribution is -2.29. The Bertz CT molecular complexity index is 722. The summed E-state index contributed by atoms with van der Waals surface area (Å²) in [6.45, 7) is -0.825. The molecule has 0 amide bonds. The monoisotopic (exact) mass is 323 g/mol. The van der Waals surface area contributed by atoms with Crippen molar-refractivity contribution in [1.29, 1.82) is 0 Å². The Morgan fingerprint density at radius 2 is 1.90 bits per heavy atom. The Morgan fingerprint density at radius 1 is 1.30 bits per heavy atom. The maximum absolute atomic E-state index is 11.9. The number of nitrogens with one attached hydrogen (secondary N) is 1. The zero-order valence-electron chi connectivity index (χ0n) is 10.7. The third kappa shape index (κ3) is 3.92. The van der Waals surface area contributed by atoms with Crippen LogP contribution in [0.15, 0.2) is 28.0 Å². The number of hydrogen-bond acceptors (Lipinski definition) is 6. The largest absolute Gasteiger partial charge is 0.495 e. The molecule has 1 aromatic rings. The van der Waals surface area contributed by atoms with Crippen molar-refractivity contribution < 1.29 is 31.5 Å². The summed E-state index contributed by atoms with van der Waals surface area (Å²) in [5.41, 5.74) is 0. The molecule has 0 spiro atoms. The van der Waals surface area contributed by atoms with Crippen molar-refractivity contribution in [2.75, 3.05) is 19.9 Å². The van der Waals surface area contributed by atoms with Gasteiger partial charge in [-0.3, -0.25) is 4.79 Å². The van der Waals surface area contributed by atoms with Crippen LogP contribution in [0.4, 0.5) is 0 Å². The standard InChI is InChI=1S/C10H13NO7S2/c1-18-8-4-3-7(19(2,14)15)5-9(8)20(16,17)11-6-10(12)13/h3-5,11H,6H2,1-2H3,(H,12,13). The van der Waals surface area contributed by atoms with E-state index in [1.54, 1.807) is 0 Å². The van der Waals surface area contributed by atoms with Crippen molar-refractivity contribution in [2.45, 2.75) is 9.79 Å². The number of methoxy groups -OCH3 is 1. The molecule has 10 heteroatoms. The van der Waals surface area contributed by atoms with E-state index < -0.39 is 37.3 Å². The summed E-state index contributed by atoms with van der Waals surface area (Å²) in [6.07, 6.45) is 0.926. The summed E-state index contributed by atoms with van der Waals surface area (Å²) in [6, 6.07) is 3.30. The molecule has 0 radical (unpaired) electrons. The Kier molecular flexibility index (Phi) is 4.73. The molecule has 0 aliphatic rings. The maximum Gasteiger partial charge on any atom is 0.318 e.